The summed E-state index contributed by atoms with van der Waals surface area (Å²) < 4.78 is 13.3. The van der Waals surface area contributed by atoms with Crippen LogP contribution in [0.4, 0.5) is 4.39 Å². The molecule has 0 heterocycles. The van der Waals surface area contributed by atoms with E-state index in [1.807, 2.05) is 13.8 Å². The topological polar surface area (TPSA) is 58.2 Å². The van der Waals surface area contributed by atoms with E-state index in [9.17, 15) is 14.0 Å². The van der Waals surface area contributed by atoms with Crippen LogP contribution in [0.2, 0.25) is 0 Å². The van der Waals surface area contributed by atoms with Crippen molar-refractivity contribution in [3.05, 3.63) is 35.6 Å². The standard InChI is InChI=1S/C15H21FN2O2/c1-3-11(2)18-15(20)10-14(19)17-9-8-12-6-4-5-7-13(12)16/h4-7,11H,3,8-10H2,1-2H3,(H,17,19)(H,18,20). The molecular weight excluding hydrogens is 259 g/mol. The van der Waals surface area contributed by atoms with Crippen LogP contribution in [0.1, 0.15) is 32.3 Å². The number of hydrogen-bond donors (Lipinski definition) is 2. The molecule has 5 heteroatoms. The first kappa shape index (κ1) is 16.1. The normalized spacial score (nSPS) is 11.8. The first-order chi connectivity index (χ1) is 9.52. The second kappa shape index (κ2) is 8.30. The Morgan fingerprint density at radius 1 is 1.25 bits per heavy atom. The summed E-state index contributed by atoms with van der Waals surface area (Å²) in [6, 6.07) is 6.50. The molecule has 0 saturated carbocycles. The fourth-order valence-electron chi connectivity index (χ4n) is 1.67. The molecule has 0 aliphatic heterocycles. The molecule has 0 fully saturated rings. The number of carbonyl (C=O) groups excluding carboxylic acids is 2. The Morgan fingerprint density at radius 2 is 1.95 bits per heavy atom. The lowest BCUT2D eigenvalue weighted by Crippen LogP contribution is -2.36. The number of rotatable bonds is 7. The van der Waals surface area contributed by atoms with Crippen LogP contribution >= 0.6 is 0 Å². The Morgan fingerprint density at radius 3 is 2.60 bits per heavy atom. The summed E-state index contributed by atoms with van der Waals surface area (Å²) in [5.41, 5.74) is 0.553. The van der Waals surface area contributed by atoms with Crippen LogP contribution in [0.15, 0.2) is 24.3 Å². The molecule has 1 unspecified atom stereocenters. The maximum Gasteiger partial charge on any atom is 0.229 e. The lowest BCUT2D eigenvalue weighted by Gasteiger charge is -2.11. The van der Waals surface area contributed by atoms with Crippen LogP contribution in [0.3, 0.4) is 0 Å². The van der Waals surface area contributed by atoms with Gasteiger partial charge in [0.1, 0.15) is 12.2 Å². The van der Waals surface area contributed by atoms with Gasteiger partial charge in [-0.25, -0.2) is 4.39 Å². The smallest absolute Gasteiger partial charge is 0.229 e. The Kier molecular flexibility index (Phi) is 6.70. The van der Waals surface area contributed by atoms with Crippen LogP contribution in [0.5, 0.6) is 0 Å². The zero-order valence-corrected chi connectivity index (χ0v) is 11.9. The summed E-state index contributed by atoms with van der Waals surface area (Å²) in [4.78, 5) is 23.0. The second-order valence-corrected chi connectivity index (χ2v) is 4.74. The van der Waals surface area contributed by atoms with Crippen molar-refractivity contribution >= 4 is 11.8 Å². The third kappa shape index (κ3) is 5.82. The average Bonchev–Trinajstić information content (AvgIpc) is 2.40. The minimum absolute atomic E-state index is 0.0636. The van der Waals surface area contributed by atoms with E-state index in [0.29, 0.717) is 18.5 Å². The molecule has 1 rings (SSSR count). The number of benzene rings is 1. The van der Waals surface area contributed by atoms with Gasteiger partial charge in [-0.3, -0.25) is 9.59 Å². The molecule has 0 aliphatic carbocycles. The molecule has 0 aliphatic rings. The van der Waals surface area contributed by atoms with Gasteiger partial charge in [-0.1, -0.05) is 25.1 Å². The molecule has 4 nitrogen and oxygen atoms in total. The van der Waals surface area contributed by atoms with Crippen LogP contribution < -0.4 is 10.6 Å². The minimum Gasteiger partial charge on any atom is -0.355 e. The van der Waals surface area contributed by atoms with Gasteiger partial charge in [-0.05, 0) is 31.4 Å². The minimum atomic E-state index is -0.345. The number of carbonyl (C=O) groups is 2. The highest BCUT2D eigenvalue weighted by Crippen LogP contribution is 2.06. The molecule has 1 aromatic rings. The molecule has 20 heavy (non-hydrogen) atoms. The Hall–Kier alpha value is -1.91. The van der Waals surface area contributed by atoms with Gasteiger partial charge in [0.15, 0.2) is 0 Å². The lowest BCUT2D eigenvalue weighted by molar-refractivity contribution is -0.129. The second-order valence-electron chi connectivity index (χ2n) is 4.74. The van der Waals surface area contributed by atoms with E-state index < -0.39 is 0 Å². The quantitative estimate of drug-likeness (QED) is 0.748. The molecule has 110 valence electrons. The first-order valence-electron chi connectivity index (χ1n) is 6.82. The highest BCUT2D eigenvalue weighted by molar-refractivity contribution is 5.96. The van der Waals surface area contributed by atoms with Gasteiger partial charge in [0, 0.05) is 12.6 Å². The van der Waals surface area contributed by atoms with Crippen molar-refractivity contribution < 1.29 is 14.0 Å². The molecule has 1 atom stereocenters. The van der Waals surface area contributed by atoms with Crippen LogP contribution in [-0.4, -0.2) is 24.4 Å². The molecule has 0 radical (unpaired) electrons. The van der Waals surface area contributed by atoms with E-state index in [4.69, 9.17) is 0 Å². The van der Waals surface area contributed by atoms with Crippen molar-refractivity contribution in [1.82, 2.24) is 10.6 Å². The summed E-state index contributed by atoms with van der Waals surface area (Å²) >= 11 is 0. The van der Waals surface area contributed by atoms with E-state index in [1.54, 1.807) is 18.2 Å². The van der Waals surface area contributed by atoms with E-state index in [-0.39, 0.29) is 30.1 Å². The number of halogens is 1. The number of nitrogens with one attached hydrogen (secondary N) is 2. The Labute approximate surface area is 118 Å². The molecule has 0 saturated heterocycles. The van der Waals surface area contributed by atoms with Crippen LogP contribution in [0, 0.1) is 5.82 Å². The van der Waals surface area contributed by atoms with E-state index in [0.717, 1.165) is 6.42 Å². The SMILES string of the molecule is CCC(C)NC(=O)CC(=O)NCCc1ccccc1F. The predicted octanol–water partition coefficient (Wildman–Crippen LogP) is 1.79. The summed E-state index contributed by atoms with van der Waals surface area (Å²) in [6.07, 6.45) is 1.04. The van der Waals surface area contributed by atoms with E-state index in [2.05, 4.69) is 10.6 Å². The summed E-state index contributed by atoms with van der Waals surface area (Å²) in [5, 5.41) is 5.33. The van der Waals surface area contributed by atoms with Crippen molar-refractivity contribution in [2.75, 3.05) is 6.54 Å². The molecule has 1 aromatic carbocycles. The Balaban J connectivity index is 2.27. The largest absolute Gasteiger partial charge is 0.355 e. The average molecular weight is 280 g/mol. The maximum absolute atomic E-state index is 13.3. The van der Waals surface area contributed by atoms with Crippen LogP contribution in [0.25, 0.3) is 0 Å². The summed E-state index contributed by atoms with van der Waals surface area (Å²) in [5.74, 6) is -0.916. The fourth-order valence-corrected chi connectivity index (χ4v) is 1.67. The Bertz CT molecular complexity index is 463. The molecule has 0 spiro atoms. The summed E-state index contributed by atoms with van der Waals surface area (Å²) in [6.45, 7) is 4.16. The number of amides is 2. The third-order valence-electron chi connectivity index (χ3n) is 3.02. The highest BCUT2D eigenvalue weighted by atomic mass is 19.1. The van der Waals surface area contributed by atoms with Crippen LogP contribution in [-0.2, 0) is 16.0 Å². The first-order valence-corrected chi connectivity index (χ1v) is 6.82. The van der Waals surface area contributed by atoms with Gasteiger partial charge in [0.25, 0.3) is 0 Å². The van der Waals surface area contributed by atoms with Gasteiger partial charge in [-0.15, -0.1) is 0 Å². The van der Waals surface area contributed by atoms with E-state index >= 15 is 0 Å². The van der Waals surface area contributed by atoms with Crippen molar-refractivity contribution in [1.29, 1.82) is 0 Å². The monoisotopic (exact) mass is 280 g/mol. The molecule has 0 aromatic heterocycles. The van der Waals surface area contributed by atoms with E-state index in [1.165, 1.54) is 6.07 Å². The van der Waals surface area contributed by atoms with Crippen molar-refractivity contribution in [3.63, 3.8) is 0 Å². The molecule has 0 bridgehead atoms. The maximum atomic E-state index is 13.3. The number of hydrogen-bond acceptors (Lipinski definition) is 2. The molecule has 2 amide bonds. The van der Waals surface area contributed by atoms with Gasteiger partial charge in [-0.2, -0.15) is 0 Å². The van der Waals surface area contributed by atoms with Gasteiger partial charge >= 0.3 is 0 Å². The molecule has 2 N–H and O–H groups in total. The fraction of sp³-hybridized carbons (Fsp3) is 0.467. The third-order valence-corrected chi connectivity index (χ3v) is 3.02. The van der Waals surface area contributed by atoms with Crippen molar-refractivity contribution in [2.24, 2.45) is 0 Å². The lowest BCUT2D eigenvalue weighted by atomic mass is 10.1. The predicted molar refractivity (Wildman–Crippen MR) is 75.6 cm³/mol. The van der Waals surface area contributed by atoms with Gasteiger partial charge in [0.2, 0.25) is 11.8 Å². The van der Waals surface area contributed by atoms with Crippen molar-refractivity contribution in [3.8, 4) is 0 Å². The molecular formula is C15H21FN2O2. The van der Waals surface area contributed by atoms with Gasteiger partial charge in [0.05, 0.1) is 0 Å². The zero-order valence-electron chi connectivity index (χ0n) is 11.9. The van der Waals surface area contributed by atoms with Gasteiger partial charge < -0.3 is 10.6 Å². The highest BCUT2D eigenvalue weighted by Gasteiger charge is 2.11. The zero-order chi connectivity index (χ0) is 15.0. The summed E-state index contributed by atoms with van der Waals surface area (Å²) in [7, 11) is 0. The van der Waals surface area contributed by atoms with Crippen molar-refractivity contribution in [2.45, 2.75) is 39.2 Å².